The van der Waals surface area contributed by atoms with Crippen LogP contribution in [0, 0.1) is 12.7 Å². The number of amides is 1. The molecule has 28 heavy (non-hydrogen) atoms. The van der Waals surface area contributed by atoms with Gasteiger partial charge in [0.1, 0.15) is 11.5 Å². The van der Waals surface area contributed by atoms with Crippen LogP contribution in [0.15, 0.2) is 28.9 Å². The molecular formula is C20H26FN5O2. The number of carbonyl (C=O) groups is 1. The first-order valence-corrected chi connectivity index (χ1v) is 9.94. The summed E-state index contributed by atoms with van der Waals surface area (Å²) in [5.41, 5.74) is 1.54. The number of carbonyl (C=O) groups excluding carboxylic acids is 1. The van der Waals surface area contributed by atoms with Gasteiger partial charge in [-0.25, -0.2) is 9.02 Å². The standard InChI is InChI=1S/C20H26FN5O2/c1-13-20(25-28-24-13)23-18(27)12-26-11-16(14-6-5-7-15(21)10-14)19-17(26)8-3-2-4-9-22-19/h5-7,10,16-17,19,22H,2-4,8-9,11-12H2,1H3,(H,23,25,27)/t16-,17+,19-/m0/s1. The number of fused-ring (bicyclic) bond motifs is 1. The Morgan fingerprint density at radius 1 is 1.36 bits per heavy atom. The number of aromatic nitrogens is 2. The Bertz CT molecular complexity index is 826. The average Bonchev–Trinajstić information content (AvgIpc) is 3.18. The van der Waals surface area contributed by atoms with Gasteiger partial charge in [-0.05, 0) is 49.2 Å². The van der Waals surface area contributed by atoms with E-state index in [1.807, 2.05) is 6.07 Å². The van der Waals surface area contributed by atoms with Gasteiger partial charge in [0.2, 0.25) is 5.91 Å². The Balaban J connectivity index is 1.52. The first-order valence-electron chi connectivity index (χ1n) is 9.94. The van der Waals surface area contributed by atoms with Crippen molar-refractivity contribution in [1.82, 2.24) is 20.5 Å². The fraction of sp³-hybridized carbons (Fsp3) is 0.550. The maximum atomic E-state index is 13.8. The van der Waals surface area contributed by atoms with Gasteiger partial charge in [-0.3, -0.25) is 9.69 Å². The lowest BCUT2D eigenvalue weighted by Crippen LogP contribution is -2.47. The normalized spacial score (nSPS) is 25.7. The minimum atomic E-state index is -0.218. The molecule has 3 heterocycles. The zero-order chi connectivity index (χ0) is 19.5. The average molecular weight is 387 g/mol. The molecule has 2 fully saturated rings. The highest BCUT2D eigenvalue weighted by molar-refractivity contribution is 5.91. The summed E-state index contributed by atoms with van der Waals surface area (Å²) in [5.74, 6) is 0.157. The summed E-state index contributed by atoms with van der Waals surface area (Å²) >= 11 is 0. The number of benzene rings is 1. The van der Waals surface area contributed by atoms with Crippen molar-refractivity contribution in [1.29, 1.82) is 0 Å². The van der Waals surface area contributed by atoms with Gasteiger partial charge >= 0.3 is 0 Å². The summed E-state index contributed by atoms with van der Waals surface area (Å²) in [6, 6.07) is 7.30. The second-order valence-corrected chi connectivity index (χ2v) is 7.73. The Hall–Kier alpha value is -2.32. The highest BCUT2D eigenvalue weighted by Gasteiger charge is 2.42. The van der Waals surface area contributed by atoms with Gasteiger partial charge in [0.05, 0.1) is 6.54 Å². The monoisotopic (exact) mass is 387 g/mol. The van der Waals surface area contributed by atoms with Gasteiger partial charge in [0.15, 0.2) is 5.82 Å². The summed E-state index contributed by atoms with van der Waals surface area (Å²) in [6.07, 6.45) is 4.51. The predicted molar refractivity (Wildman–Crippen MR) is 102 cm³/mol. The first kappa shape index (κ1) is 19.0. The van der Waals surface area contributed by atoms with E-state index in [9.17, 15) is 9.18 Å². The number of hydrogen-bond acceptors (Lipinski definition) is 6. The highest BCUT2D eigenvalue weighted by atomic mass is 19.1. The molecule has 2 aliphatic heterocycles. The van der Waals surface area contributed by atoms with E-state index in [0.29, 0.717) is 11.5 Å². The largest absolute Gasteiger partial charge is 0.312 e. The molecule has 2 N–H and O–H groups in total. The maximum Gasteiger partial charge on any atom is 0.239 e. The Kier molecular flexibility index (Phi) is 5.68. The molecule has 7 nitrogen and oxygen atoms in total. The van der Waals surface area contributed by atoms with Gasteiger partial charge < -0.3 is 10.6 Å². The Labute approximate surface area is 163 Å². The van der Waals surface area contributed by atoms with Crippen LogP contribution in [0.25, 0.3) is 0 Å². The number of nitrogens with zero attached hydrogens (tertiary/aromatic N) is 3. The maximum absolute atomic E-state index is 13.8. The second-order valence-electron chi connectivity index (χ2n) is 7.73. The fourth-order valence-corrected chi connectivity index (χ4v) is 4.49. The molecule has 0 radical (unpaired) electrons. The summed E-state index contributed by atoms with van der Waals surface area (Å²) in [4.78, 5) is 14.8. The molecule has 1 aromatic carbocycles. The number of hydrogen-bond donors (Lipinski definition) is 2. The van der Waals surface area contributed by atoms with Crippen molar-refractivity contribution in [2.24, 2.45) is 0 Å². The molecular weight excluding hydrogens is 361 g/mol. The summed E-state index contributed by atoms with van der Waals surface area (Å²) < 4.78 is 18.5. The van der Waals surface area contributed by atoms with E-state index in [1.54, 1.807) is 19.1 Å². The molecule has 2 saturated heterocycles. The van der Waals surface area contributed by atoms with Crippen LogP contribution < -0.4 is 10.6 Å². The molecule has 0 bridgehead atoms. The fourth-order valence-electron chi connectivity index (χ4n) is 4.49. The summed E-state index contributed by atoms with van der Waals surface area (Å²) in [5, 5.41) is 13.9. The van der Waals surface area contributed by atoms with Crippen LogP contribution in [0.3, 0.4) is 0 Å². The van der Waals surface area contributed by atoms with E-state index in [-0.39, 0.29) is 36.3 Å². The van der Waals surface area contributed by atoms with Gasteiger partial charge in [-0.1, -0.05) is 30.1 Å². The zero-order valence-electron chi connectivity index (χ0n) is 16.0. The third-order valence-corrected chi connectivity index (χ3v) is 5.84. The number of rotatable bonds is 4. The number of likely N-dealkylation sites (tertiary alicyclic amines) is 1. The molecule has 0 saturated carbocycles. The lowest BCUT2D eigenvalue weighted by atomic mass is 9.88. The van der Waals surface area contributed by atoms with E-state index in [0.717, 1.165) is 37.9 Å². The van der Waals surface area contributed by atoms with E-state index < -0.39 is 0 Å². The van der Waals surface area contributed by atoms with E-state index >= 15 is 0 Å². The number of nitrogens with one attached hydrogen (secondary N) is 2. The Morgan fingerprint density at radius 3 is 3.04 bits per heavy atom. The van der Waals surface area contributed by atoms with Crippen LogP contribution in [0.4, 0.5) is 10.2 Å². The number of anilines is 1. The van der Waals surface area contributed by atoms with Crippen LogP contribution in [-0.2, 0) is 4.79 Å². The van der Waals surface area contributed by atoms with Crippen molar-refractivity contribution in [3.05, 3.63) is 41.3 Å². The molecule has 3 atom stereocenters. The predicted octanol–water partition coefficient (Wildman–Crippen LogP) is 2.46. The van der Waals surface area contributed by atoms with E-state index in [1.165, 1.54) is 12.5 Å². The third-order valence-electron chi connectivity index (χ3n) is 5.84. The second kappa shape index (κ2) is 8.36. The molecule has 8 heteroatoms. The minimum absolute atomic E-state index is 0.139. The Morgan fingerprint density at radius 2 is 2.25 bits per heavy atom. The highest BCUT2D eigenvalue weighted by Crippen LogP contribution is 2.35. The van der Waals surface area contributed by atoms with E-state index in [2.05, 4.69) is 30.5 Å². The van der Waals surface area contributed by atoms with Gasteiger partial charge in [0, 0.05) is 24.5 Å². The molecule has 1 aromatic heterocycles. The van der Waals surface area contributed by atoms with Crippen molar-refractivity contribution in [2.45, 2.75) is 50.6 Å². The molecule has 4 rings (SSSR count). The van der Waals surface area contributed by atoms with Crippen LogP contribution in [-0.4, -0.2) is 52.8 Å². The van der Waals surface area contributed by atoms with Gasteiger partial charge in [-0.2, -0.15) is 0 Å². The molecule has 2 aromatic rings. The smallest absolute Gasteiger partial charge is 0.239 e. The number of halogens is 1. The summed E-state index contributed by atoms with van der Waals surface area (Å²) in [6.45, 7) is 3.67. The van der Waals surface area contributed by atoms with Crippen molar-refractivity contribution >= 4 is 11.7 Å². The quantitative estimate of drug-likeness (QED) is 0.839. The molecule has 0 spiro atoms. The topological polar surface area (TPSA) is 83.3 Å². The van der Waals surface area contributed by atoms with Crippen molar-refractivity contribution < 1.29 is 13.8 Å². The molecule has 0 unspecified atom stereocenters. The van der Waals surface area contributed by atoms with Crippen LogP contribution >= 0.6 is 0 Å². The summed E-state index contributed by atoms with van der Waals surface area (Å²) in [7, 11) is 0. The third kappa shape index (κ3) is 4.07. The van der Waals surface area contributed by atoms with E-state index in [4.69, 9.17) is 0 Å². The van der Waals surface area contributed by atoms with Crippen LogP contribution in [0.5, 0.6) is 0 Å². The lowest BCUT2D eigenvalue weighted by molar-refractivity contribution is -0.117. The van der Waals surface area contributed by atoms with Crippen molar-refractivity contribution in [3.63, 3.8) is 0 Å². The lowest BCUT2D eigenvalue weighted by Gasteiger charge is -2.31. The zero-order valence-corrected chi connectivity index (χ0v) is 16.0. The molecule has 0 aliphatic carbocycles. The molecule has 2 aliphatic rings. The van der Waals surface area contributed by atoms with Crippen LogP contribution in [0.1, 0.15) is 42.9 Å². The molecule has 1 amide bonds. The number of aryl methyl sites for hydroxylation is 1. The SMILES string of the molecule is Cc1nonc1NC(=O)CN1C[C@@H](c2cccc(F)c2)[C@@H]2NCCCCC[C@H]21. The first-order chi connectivity index (χ1) is 13.6. The van der Waals surface area contributed by atoms with Gasteiger partial charge in [-0.15, -0.1) is 0 Å². The van der Waals surface area contributed by atoms with Crippen molar-refractivity contribution in [2.75, 3.05) is 25.0 Å². The minimum Gasteiger partial charge on any atom is -0.312 e. The van der Waals surface area contributed by atoms with Crippen molar-refractivity contribution in [3.8, 4) is 0 Å². The molecule has 150 valence electrons. The van der Waals surface area contributed by atoms with Crippen LogP contribution in [0.2, 0.25) is 0 Å². The van der Waals surface area contributed by atoms with Gasteiger partial charge in [0.25, 0.3) is 0 Å².